The summed E-state index contributed by atoms with van der Waals surface area (Å²) in [5.41, 5.74) is 1.33. The number of halogens is 2. The molecule has 10 atom stereocenters. The maximum Gasteiger partial charge on any atom is 0.582 e. The summed E-state index contributed by atoms with van der Waals surface area (Å²) in [6, 6.07) is 0. The van der Waals surface area contributed by atoms with E-state index in [1.165, 1.54) is 34.4 Å². The number of alkyl halides is 2. The zero-order chi connectivity index (χ0) is 33.9. The van der Waals surface area contributed by atoms with Gasteiger partial charge in [0.2, 0.25) is 0 Å². The van der Waals surface area contributed by atoms with Crippen molar-refractivity contribution in [2.45, 2.75) is 62.1 Å². The van der Waals surface area contributed by atoms with Gasteiger partial charge in [-0.05, 0) is 22.0 Å². The van der Waals surface area contributed by atoms with Crippen molar-refractivity contribution in [2.75, 3.05) is 36.9 Å². The third-order valence-electron chi connectivity index (χ3n) is 7.77. The first-order valence-electron chi connectivity index (χ1n) is 14.5. The van der Waals surface area contributed by atoms with Gasteiger partial charge >= 0.3 is 14.5 Å². The van der Waals surface area contributed by atoms with E-state index in [1.54, 1.807) is 0 Å². The summed E-state index contributed by atoms with van der Waals surface area (Å²) in [5, 5.41) is 25.6. The maximum absolute atomic E-state index is 15.2. The number of nitrogens with one attached hydrogen (secondary N) is 2. The Morgan fingerprint density at radius 2 is 1.17 bits per heavy atom. The highest BCUT2D eigenvalue weighted by Crippen LogP contribution is 2.42. The first-order valence-corrected chi connectivity index (χ1v) is 19.2. The Balaban J connectivity index is 1.04. The Hall–Kier alpha value is -2.78. The van der Waals surface area contributed by atoms with Crippen LogP contribution in [-0.4, -0.2) is 112 Å². The molecule has 0 bridgehead atoms. The van der Waals surface area contributed by atoms with E-state index in [0.29, 0.717) is 48.6 Å². The van der Waals surface area contributed by atoms with E-state index in [2.05, 4.69) is 65.0 Å². The first kappa shape index (κ1) is 35.1. The third-order valence-corrected chi connectivity index (χ3v) is 9.19. The zero-order valence-electron chi connectivity index (χ0n) is 24.6. The SMILES string of the molecule is O=[P+](S)O[C@H]1[C@@H](F)[C@H](n2cnc3c(NCCCCNc4ncnc5c4ncn5[C@@H]4O[C@H](CO)[C@@H](O[P+](=O)S)[C@H]4F)ncnc32)O[C@@H]1CO. The lowest BCUT2D eigenvalue weighted by atomic mass is 10.1. The highest BCUT2D eigenvalue weighted by atomic mass is 32.7. The minimum atomic E-state index is -2.43. The van der Waals surface area contributed by atoms with Gasteiger partial charge in [-0.1, -0.05) is 0 Å². The Morgan fingerprint density at radius 3 is 1.54 bits per heavy atom. The van der Waals surface area contributed by atoms with Crippen LogP contribution in [-0.2, 0) is 27.7 Å². The van der Waals surface area contributed by atoms with Crippen molar-refractivity contribution in [2.24, 2.45) is 0 Å². The molecule has 258 valence electrons. The smallest absolute Gasteiger partial charge is 0.394 e. The number of fused-ring (bicyclic) bond motifs is 2. The second-order valence-electron chi connectivity index (χ2n) is 10.7. The van der Waals surface area contributed by atoms with Crippen LogP contribution in [0.25, 0.3) is 22.3 Å². The average molecular weight is 751 g/mol. The lowest BCUT2D eigenvalue weighted by molar-refractivity contribution is -0.0427. The topological polar surface area (TPSA) is 223 Å². The van der Waals surface area contributed by atoms with Gasteiger partial charge in [0.05, 0.1) is 25.9 Å². The number of thiol groups is 2. The summed E-state index contributed by atoms with van der Waals surface area (Å²) in [7, 11) is -4.85. The predicted molar refractivity (Wildman–Crippen MR) is 172 cm³/mol. The zero-order valence-corrected chi connectivity index (χ0v) is 28.2. The number of aliphatic hydroxyl groups excluding tert-OH is 2. The molecule has 4 N–H and O–H groups in total. The van der Waals surface area contributed by atoms with E-state index >= 15 is 8.78 Å². The number of anilines is 2. The van der Waals surface area contributed by atoms with Crippen LogP contribution in [0.15, 0.2) is 25.3 Å². The molecule has 24 heteroatoms. The molecule has 0 spiro atoms. The molecule has 2 saturated heterocycles. The number of aliphatic hydroxyl groups is 2. The summed E-state index contributed by atoms with van der Waals surface area (Å²) >= 11 is 7.36. The fraction of sp³-hybridized carbons (Fsp3) is 0.583. The van der Waals surface area contributed by atoms with Crippen molar-refractivity contribution in [3.63, 3.8) is 0 Å². The second-order valence-corrected chi connectivity index (χ2v) is 14.0. The molecule has 0 saturated carbocycles. The predicted octanol–water partition coefficient (Wildman–Crippen LogP) is 2.67. The fourth-order valence-corrected chi connectivity index (χ4v) is 7.16. The van der Waals surface area contributed by atoms with Crippen molar-refractivity contribution >= 4 is 72.9 Å². The van der Waals surface area contributed by atoms with Crippen molar-refractivity contribution in [1.82, 2.24) is 39.0 Å². The van der Waals surface area contributed by atoms with Crippen LogP contribution in [0.2, 0.25) is 0 Å². The van der Waals surface area contributed by atoms with Crippen molar-refractivity contribution in [3.05, 3.63) is 25.3 Å². The van der Waals surface area contributed by atoms with Gasteiger partial charge in [0.25, 0.3) is 0 Å². The Labute approximate surface area is 282 Å². The number of imidazole rings is 2. The summed E-state index contributed by atoms with van der Waals surface area (Å²) in [6.45, 7) is -0.0953. The number of rotatable bonds is 15. The molecule has 6 rings (SSSR count). The molecule has 2 aliphatic rings. The Morgan fingerprint density at radius 1 is 0.750 bits per heavy atom. The molecule has 2 unspecified atom stereocenters. The van der Waals surface area contributed by atoms with Crippen LogP contribution in [0.4, 0.5) is 20.4 Å². The Kier molecular flexibility index (Phi) is 11.3. The molecule has 0 amide bonds. The van der Waals surface area contributed by atoms with Crippen LogP contribution in [0.1, 0.15) is 25.3 Å². The summed E-state index contributed by atoms with van der Waals surface area (Å²) < 4.78 is 77.5. The van der Waals surface area contributed by atoms with Gasteiger partial charge in [0, 0.05) is 13.1 Å². The minimum Gasteiger partial charge on any atom is -0.394 e. The minimum absolute atomic E-state index is 0.288. The van der Waals surface area contributed by atoms with Crippen LogP contribution in [0.3, 0.4) is 0 Å². The Bertz CT molecular complexity index is 1650. The lowest BCUT2D eigenvalue weighted by Gasteiger charge is -2.15. The van der Waals surface area contributed by atoms with Gasteiger partial charge < -0.3 is 30.3 Å². The van der Waals surface area contributed by atoms with Crippen LogP contribution < -0.4 is 10.6 Å². The lowest BCUT2D eigenvalue weighted by Crippen LogP contribution is -2.31. The second kappa shape index (κ2) is 15.4. The van der Waals surface area contributed by atoms with Gasteiger partial charge in [0.15, 0.2) is 71.0 Å². The molecule has 0 aromatic carbocycles. The number of hydrogen-bond acceptors (Lipinski definition) is 16. The van der Waals surface area contributed by atoms with Crippen molar-refractivity contribution in [1.29, 1.82) is 0 Å². The molecule has 18 nitrogen and oxygen atoms in total. The molecule has 4 aromatic rings. The number of ether oxygens (including phenoxy) is 2. The average Bonchev–Trinajstić information content (AvgIpc) is 3.83. The van der Waals surface area contributed by atoms with Crippen molar-refractivity contribution < 1.29 is 46.6 Å². The largest absolute Gasteiger partial charge is 0.582 e. The summed E-state index contributed by atoms with van der Waals surface area (Å²) in [5.74, 6) is 0.844. The normalized spacial score (nSPS) is 28.0. The quantitative estimate of drug-likeness (QED) is 0.0584. The van der Waals surface area contributed by atoms with E-state index in [0.717, 1.165) is 0 Å². The maximum atomic E-state index is 15.2. The molecule has 2 fully saturated rings. The van der Waals surface area contributed by atoms with E-state index in [1.807, 2.05) is 0 Å². The van der Waals surface area contributed by atoms with Gasteiger partial charge in [-0.2, -0.15) is 0 Å². The van der Waals surface area contributed by atoms with E-state index in [-0.39, 0.29) is 11.3 Å². The fourth-order valence-electron chi connectivity index (χ4n) is 5.59. The molecule has 4 aromatic heterocycles. The van der Waals surface area contributed by atoms with Gasteiger partial charge in [-0.15, -0.1) is 9.05 Å². The van der Waals surface area contributed by atoms with E-state index < -0.39 is 76.9 Å². The molecule has 48 heavy (non-hydrogen) atoms. The molecular formula is C24H30F2N10O8P2S2+2. The molecular weight excluding hydrogens is 720 g/mol. The summed E-state index contributed by atoms with van der Waals surface area (Å²) in [4.78, 5) is 25.6. The third kappa shape index (κ3) is 7.09. The molecule has 6 heterocycles. The monoisotopic (exact) mass is 750 g/mol. The van der Waals surface area contributed by atoms with Crippen LogP contribution >= 0.6 is 39.0 Å². The molecule has 0 radical (unpaired) electrons. The van der Waals surface area contributed by atoms with Crippen LogP contribution in [0, 0.1) is 0 Å². The number of nitrogens with zero attached hydrogens (tertiary/aromatic N) is 8. The number of aromatic nitrogens is 8. The van der Waals surface area contributed by atoms with Gasteiger partial charge in [-0.3, -0.25) is 9.13 Å². The highest BCUT2D eigenvalue weighted by Gasteiger charge is 2.52. The van der Waals surface area contributed by atoms with Gasteiger partial charge in [0.1, 0.15) is 49.4 Å². The van der Waals surface area contributed by atoms with E-state index in [9.17, 15) is 19.3 Å². The van der Waals surface area contributed by atoms with Gasteiger partial charge in [-0.25, -0.2) is 38.7 Å². The van der Waals surface area contributed by atoms with Crippen molar-refractivity contribution in [3.8, 4) is 0 Å². The first-order chi connectivity index (χ1) is 23.2. The van der Waals surface area contributed by atoms with E-state index in [4.69, 9.17) is 18.5 Å². The van der Waals surface area contributed by atoms with Crippen LogP contribution in [0.5, 0.6) is 0 Å². The standard InChI is InChI=1S/C24H28F2N10O8P2S2/c25-13-17(43-45(39)47)11(5-37)41-23(13)35-9-33-15-19(29-7-31-21(15)35)27-3-1-2-4-28-20-16-22(32-8-30-20)36(10-34-16)24-14(26)18(44-46(40)48)12(6-38)42-24/h7-14,17-18,23-24,37-38H,1-6H2,(H2-2,27,28,29,30,31,32,39,40,47,48)/p+2/t11-,12-,13-,14-,17-,18-,23-,24-/m1/s1. The number of unbranched alkanes of at least 4 members (excludes halogenated alkanes) is 1. The number of hydrogen-bond donors (Lipinski definition) is 6. The highest BCUT2D eigenvalue weighted by molar-refractivity contribution is 8.39. The molecule has 2 aliphatic heterocycles. The summed E-state index contributed by atoms with van der Waals surface area (Å²) in [6.07, 6.45) is -4.02. The molecule has 0 aliphatic carbocycles.